The van der Waals surface area contributed by atoms with E-state index in [-0.39, 0.29) is 5.91 Å². The molecule has 0 saturated carbocycles. The molecule has 0 spiro atoms. The van der Waals surface area contributed by atoms with Crippen molar-refractivity contribution in [2.75, 3.05) is 12.3 Å². The lowest BCUT2D eigenvalue weighted by Gasteiger charge is -2.06. The minimum atomic E-state index is -0.0809. The number of carbonyl (C=O) groups excluding carboxylic acids is 1. The fourth-order valence-corrected chi connectivity index (χ4v) is 1.62. The van der Waals surface area contributed by atoms with E-state index >= 15 is 0 Å². The average molecular weight is 271 g/mol. The Morgan fingerprint density at radius 3 is 2.93 bits per heavy atom. The Balaban J connectivity index is 2.68. The Morgan fingerprint density at radius 2 is 2.27 bits per heavy atom. The van der Waals surface area contributed by atoms with Crippen LogP contribution in [0.4, 0.5) is 5.69 Å². The van der Waals surface area contributed by atoms with Gasteiger partial charge in [-0.2, -0.15) is 0 Å². The number of nitrogens with one attached hydrogen (secondary N) is 1. The van der Waals surface area contributed by atoms with E-state index in [1.807, 2.05) is 0 Å². The largest absolute Gasteiger partial charge is 0.399 e. The lowest BCUT2D eigenvalue weighted by molar-refractivity contribution is 0.0952. The number of amides is 1. The monoisotopic (exact) mass is 270 g/mol. The zero-order valence-corrected chi connectivity index (χ0v) is 10.3. The minimum absolute atomic E-state index is 0.0809. The van der Waals surface area contributed by atoms with Gasteiger partial charge in [0.2, 0.25) is 0 Å². The second kappa shape index (κ2) is 5.75. The third kappa shape index (κ3) is 3.55. The fourth-order valence-electron chi connectivity index (χ4n) is 1.19. The Hall–Kier alpha value is -1.03. The van der Waals surface area contributed by atoms with Crippen molar-refractivity contribution in [2.45, 2.75) is 19.8 Å². The van der Waals surface area contributed by atoms with Crippen LogP contribution < -0.4 is 11.1 Å². The Kier molecular flexibility index (Phi) is 4.62. The van der Waals surface area contributed by atoms with Gasteiger partial charge in [0.1, 0.15) is 0 Å². The highest BCUT2D eigenvalue weighted by atomic mass is 79.9. The van der Waals surface area contributed by atoms with Crippen molar-refractivity contribution in [2.24, 2.45) is 0 Å². The maximum absolute atomic E-state index is 11.7. The predicted molar refractivity (Wildman–Crippen MR) is 65.8 cm³/mol. The average Bonchev–Trinajstić information content (AvgIpc) is 2.22. The molecule has 1 aromatic carbocycles. The molecule has 15 heavy (non-hydrogen) atoms. The first kappa shape index (κ1) is 12.0. The summed E-state index contributed by atoms with van der Waals surface area (Å²) in [5.74, 6) is -0.0809. The molecule has 0 aliphatic rings. The van der Waals surface area contributed by atoms with E-state index in [9.17, 15) is 4.79 Å². The van der Waals surface area contributed by atoms with Gasteiger partial charge in [0, 0.05) is 16.7 Å². The zero-order valence-electron chi connectivity index (χ0n) is 8.72. The summed E-state index contributed by atoms with van der Waals surface area (Å²) in [5, 5.41) is 2.84. The summed E-state index contributed by atoms with van der Waals surface area (Å²) in [4.78, 5) is 11.7. The summed E-state index contributed by atoms with van der Waals surface area (Å²) in [6.45, 7) is 2.79. The standard InChI is InChI=1S/C11H15BrN2O/c1-2-3-6-14-11(15)9-7-8(13)4-5-10(9)12/h4-5,7H,2-3,6,13H2,1H3,(H,14,15). The van der Waals surface area contributed by atoms with Crippen LogP contribution in [0, 0.1) is 0 Å². The first-order valence-corrected chi connectivity index (χ1v) is 5.77. The van der Waals surface area contributed by atoms with Crippen LogP contribution in [0.5, 0.6) is 0 Å². The van der Waals surface area contributed by atoms with Crippen LogP contribution >= 0.6 is 15.9 Å². The van der Waals surface area contributed by atoms with Gasteiger partial charge >= 0.3 is 0 Å². The molecule has 4 heteroatoms. The van der Waals surface area contributed by atoms with Crippen molar-refractivity contribution in [3.8, 4) is 0 Å². The third-order valence-electron chi connectivity index (χ3n) is 2.05. The topological polar surface area (TPSA) is 55.1 Å². The fraction of sp³-hybridized carbons (Fsp3) is 0.364. The van der Waals surface area contributed by atoms with Gasteiger partial charge in [-0.25, -0.2) is 0 Å². The van der Waals surface area contributed by atoms with Crippen LogP contribution in [0.1, 0.15) is 30.1 Å². The van der Waals surface area contributed by atoms with Gasteiger partial charge < -0.3 is 11.1 Å². The van der Waals surface area contributed by atoms with Crippen LogP contribution in [-0.4, -0.2) is 12.5 Å². The van der Waals surface area contributed by atoms with Crippen molar-refractivity contribution in [3.63, 3.8) is 0 Å². The maximum atomic E-state index is 11.7. The Morgan fingerprint density at radius 1 is 1.53 bits per heavy atom. The van der Waals surface area contributed by atoms with Crippen molar-refractivity contribution in [1.82, 2.24) is 5.32 Å². The van der Waals surface area contributed by atoms with E-state index in [1.54, 1.807) is 18.2 Å². The normalized spacial score (nSPS) is 10.0. The summed E-state index contributed by atoms with van der Waals surface area (Å²) < 4.78 is 0.769. The molecule has 3 nitrogen and oxygen atoms in total. The summed E-state index contributed by atoms with van der Waals surface area (Å²) >= 11 is 3.32. The number of nitrogens with two attached hydrogens (primary N) is 1. The quantitative estimate of drug-likeness (QED) is 0.653. The molecule has 3 N–H and O–H groups in total. The van der Waals surface area contributed by atoms with E-state index in [2.05, 4.69) is 28.2 Å². The van der Waals surface area contributed by atoms with Gasteiger partial charge in [0.05, 0.1) is 5.56 Å². The van der Waals surface area contributed by atoms with E-state index in [4.69, 9.17) is 5.73 Å². The smallest absolute Gasteiger partial charge is 0.252 e. The number of anilines is 1. The molecule has 0 radical (unpaired) electrons. The highest BCUT2D eigenvalue weighted by molar-refractivity contribution is 9.10. The number of carbonyl (C=O) groups is 1. The van der Waals surface area contributed by atoms with Crippen LogP contribution in [0.3, 0.4) is 0 Å². The Bertz CT molecular complexity index is 352. The van der Waals surface area contributed by atoms with Gasteiger partial charge in [-0.1, -0.05) is 13.3 Å². The van der Waals surface area contributed by atoms with Crippen molar-refractivity contribution < 1.29 is 4.79 Å². The molecule has 0 aliphatic heterocycles. The van der Waals surface area contributed by atoms with Gasteiger partial charge in [-0.3, -0.25) is 4.79 Å². The number of benzene rings is 1. The first-order valence-electron chi connectivity index (χ1n) is 4.98. The number of hydrogen-bond acceptors (Lipinski definition) is 2. The number of halogens is 1. The first-order chi connectivity index (χ1) is 7.15. The molecule has 0 bridgehead atoms. The molecular formula is C11H15BrN2O. The SMILES string of the molecule is CCCCNC(=O)c1cc(N)ccc1Br. The highest BCUT2D eigenvalue weighted by Gasteiger charge is 2.09. The highest BCUT2D eigenvalue weighted by Crippen LogP contribution is 2.19. The number of hydrogen-bond donors (Lipinski definition) is 2. The third-order valence-corrected chi connectivity index (χ3v) is 2.74. The molecule has 0 saturated heterocycles. The van der Waals surface area contributed by atoms with Gasteiger partial charge in [-0.05, 0) is 40.5 Å². The van der Waals surface area contributed by atoms with Crippen LogP contribution in [0.2, 0.25) is 0 Å². The molecule has 0 fully saturated rings. The molecule has 0 aliphatic carbocycles. The van der Waals surface area contributed by atoms with E-state index in [0.29, 0.717) is 17.8 Å². The number of unbranched alkanes of at least 4 members (excludes halogenated alkanes) is 1. The minimum Gasteiger partial charge on any atom is -0.399 e. The maximum Gasteiger partial charge on any atom is 0.252 e. The molecule has 0 heterocycles. The zero-order chi connectivity index (χ0) is 11.3. The molecule has 0 atom stereocenters. The summed E-state index contributed by atoms with van der Waals surface area (Å²) in [7, 11) is 0. The second-order valence-electron chi connectivity index (χ2n) is 3.35. The lowest BCUT2D eigenvalue weighted by atomic mass is 10.2. The predicted octanol–water partition coefficient (Wildman–Crippen LogP) is 2.56. The van der Waals surface area contributed by atoms with Crippen molar-refractivity contribution in [3.05, 3.63) is 28.2 Å². The molecule has 1 rings (SSSR count). The van der Waals surface area contributed by atoms with Crippen LogP contribution in [0.25, 0.3) is 0 Å². The van der Waals surface area contributed by atoms with Gasteiger partial charge in [-0.15, -0.1) is 0 Å². The molecule has 0 unspecified atom stereocenters. The van der Waals surface area contributed by atoms with Crippen molar-refractivity contribution >= 4 is 27.5 Å². The van der Waals surface area contributed by atoms with E-state index in [0.717, 1.165) is 17.3 Å². The number of nitrogen functional groups attached to an aromatic ring is 1. The molecular weight excluding hydrogens is 256 g/mol. The molecule has 0 aromatic heterocycles. The molecule has 1 amide bonds. The van der Waals surface area contributed by atoms with Gasteiger partial charge in [0.25, 0.3) is 5.91 Å². The molecule has 1 aromatic rings. The Labute approximate surface area is 98.2 Å². The second-order valence-corrected chi connectivity index (χ2v) is 4.20. The van der Waals surface area contributed by atoms with Gasteiger partial charge in [0.15, 0.2) is 0 Å². The molecule has 82 valence electrons. The lowest BCUT2D eigenvalue weighted by Crippen LogP contribution is -2.24. The summed E-state index contributed by atoms with van der Waals surface area (Å²) in [6, 6.07) is 5.21. The summed E-state index contributed by atoms with van der Waals surface area (Å²) in [6.07, 6.45) is 2.06. The van der Waals surface area contributed by atoms with Crippen LogP contribution in [0.15, 0.2) is 22.7 Å². The number of rotatable bonds is 4. The summed E-state index contributed by atoms with van der Waals surface area (Å²) in [5.41, 5.74) is 6.80. The van der Waals surface area contributed by atoms with E-state index < -0.39 is 0 Å². The van der Waals surface area contributed by atoms with E-state index in [1.165, 1.54) is 0 Å². The van der Waals surface area contributed by atoms with Crippen molar-refractivity contribution in [1.29, 1.82) is 0 Å². The van der Waals surface area contributed by atoms with Crippen LogP contribution in [-0.2, 0) is 0 Å².